The number of rotatable bonds is 8. The Labute approximate surface area is 208 Å². The average molecular weight is 500 g/mol. The quantitative estimate of drug-likeness (QED) is 0.256. The summed E-state index contributed by atoms with van der Waals surface area (Å²) in [6, 6.07) is 12.5. The maximum Gasteiger partial charge on any atom is 0.163 e. The Kier molecular flexibility index (Phi) is 10.8. The molecule has 0 amide bonds. The molecule has 0 bridgehead atoms. The van der Waals surface area contributed by atoms with E-state index in [9.17, 15) is 5.26 Å². The number of benzene rings is 2. The van der Waals surface area contributed by atoms with Crippen molar-refractivity contribution in [1.82, 2.24) is 5.32 Å². The fourth-order valence-corrected chi connectivity index (χ4v) is 2.95. The molecule has 0 saturated heterocycles. The van der Waals surface area contributed by atoms with Crippen molar-refractivity contribution in [3.8, 4) is 29.1 Å². The molecule has 2 aromatic carbocycles. The standard InChI is InChI=1S/C22H23N2O4S.Y/c1-14-8-16(11-20(27-4)21(14)28-5)9-17(12-23)22(29)24-13-15-6-7-18(25-2)19(10-15)26-3;/h6,8-11H,13H2,1-5H3,(H,24,29);/q-1;/b17-9+;. The Morgan fingerprint density at radius 2 is 1.80 bits per heavy atom. The van der Waals surface area contributed by atoms with Crippen LogP contribution in [0.2, 0.25) is 0 Å². The Bertz CT molecular complexity index is 970. The van der Waals surface area contributed by atoms with Crippen molar-refractivity contribution < 1.29 is 51.7 Å². The monoisotopic (exact) mass is 500 g/mol. The van der Waals surface area contributed by atoms with Gasteiger partial charge in [0.25, 0.3) is 0 Å². The number of methoxy groups -OCH3 is 4. The molecule has 0 heterocycles. The van der Waals surface area contributed by atoms with Gasteiger partial charge in [0.15, 0.2) is 11.5 Å². The third-order valence-corrected chi connectivity index (χ3v) is 4.53. The molecule has 2 aromatic rings. The van der Waals surface area contributed by atoms with Crippen molar-refractivity contribution in [2.45, 2.75) is 13.5 Å². The second kappa shape index (κ2) is 12.5. The van der Waals surface area contributed by atoms with Crippen LogP contribution in [0, 0.1) is 24.3 Å². The van der Waals surface area contributed by atoms with E-state index in [4.69, 9.17) is 31.2 Å². The first-order valence-electron chi connectivity index (χ1n) is 8.72. The molecule has 0 aliphatic rings. The molecule has 0 fully saturated rings. The second-order valence-corrected chi connectivity index (χ2v) is 6.44. The van der Waals surface area contributed by atoms with E-state index < -0.39 is 0 Å². The Balaban J connectivity index is 0.00000450. The van der Waals surface area contributed by atoms with Crippen molar-refractivity contribution in [1.29, 1.82) is 5.26 Å². The summed E-state index contributed by atoms with van der Waals surface area (Å²) in [5, 5.41) is 12.7. The van der Waals surface area contributed by atoms with Crippen LogP contribution in [0.5, 0.6) is 23.0 Å². The number of nitrogens with one attached hydrogen (secondary N) is 1. The molecular weight excluding hydrogens is 477 g/mol. The number of thiocarbonyl (C=S) groups is 1. The maximum absolute atomic E-state index is 9.56. The summed E-state index contributed by atoms with van der Waals surface area (Å²) in [6.45, 7) is 2.33. The summed E-state index contributed by atoms with van der Waals surface area (Å²) in [6.07, 6.45) is 1.71. The van der Waals surface area contributed by atoms with Crippen LogP contribution < -0.4 is 24.3 Å². The summed E-state index contributed by atoms with van der Waals surface area (Å²) in [7, 11) is 6.28. The Morgan fingerprint density at radius 1 is 1.10 bits per heavy atom. The fraction of sp³-hybridized carbons (Fsp3) is 0.273. The molecule has 0 atom stereocenters. The van der Waals surface area contributed by atoms with Crippen molar-refractivity contribution in [3.63, 3.8) is 0 Å². The summed E-state index contributed by atoms with van der Waals surface area (Å²) in [4.78, 5) is 0.342. The zero-order chi connectivity index (χ0) is 21.4. The van der Waals surface area contributed by atoms with Crippen LogP contribution in [0.3, 0.4) is 0 Å². The molecule has 8 heteroatoms. The average Bonchev–Trinajstić information content (AvgIpc) is 2.74. The Morgan fingerprint density at radius 3 is 2.37 bits per heavy atom. The van der Waals surface area contributed by atoms with Gasteiger partial charge >= 0.3 is 0 Å². The third-order valence-electron chi connectivity index (χ3n) is 4.17. The van der Waals surface area contributed by atoms with Crippen molar-refractivity contribution in [2.75, 3.05) is 28.4 Å². The molecule has 1 radical (unpaired) electrons. The molecule has 0 aliphatic heterocycles. The number of hydrogen-bond donors (Lipinski definition) is 1. The third kappa shape index (κ3) is 6.43. The molecule has 0 saturated carbocycles. The van der Waals surface area contributed by atoms with Crippen molar-refractivity contribution in [3.05, 3.63) is 52.6 Å². The topological polar surface area (TPSA) is 72.7 Å². The SMILES string of the molecule is COc1[c-]cc(CNC(=S)/C(C#N)=C/c2cc(C)c(OC)c(OC)c2)cc1OC.[Y]. The largest absolute Gasteiger partial charge is 0.551 e. The second-order valence-electron chi connectivity index (χ2n) is 6.04. The predicted molar refractivity (Wildman–Crippen MR) is 116 cm³/mol. The number of nitrogens with zero attached hydrogens (tertiary/aromatic N) is 1. The van der Waals surface area contributed by atoms with E-state index in [2.05, 4.69) is 17.5 Å². The van der Waals surface area contributed by atoms with Gasteiger partial charge in [0.2, 0.25) is 0 Å². The molecule has 1 N–H and O–H groups in total. The van der Waals surface area contributed by atoms with E-state index in [1.807, 2.05) is 19.1 Å². The molecule has 6 nitrogen and oxygen atoms in total. The minimum atomic E-state index is 0. The minimum Gasteiger partial charge on any atom is -0.551 e. The van der Waals surface area contributed by atoms with Crippen LogP contribution in [0.1, 0.15) is 16.7 Å². The van der Waals surface area contributed by atoms with Crippen LogP contribution in [-0.4, -0.2) is 33.4 Å². The number of ether oxygens (including phenoxy) is 4. The van der Waals surface area contributed by atoms with Gasteiger partial charge in [0.1, 0.15) is 11.1 Å². The molecule has 2 rings (SSSR count). The molecule has 155 valence electrons. The van der Waals surface area contributed by atoms with Gasteiger partial charge in [-0.2, -0.15) is 11.3 Å². The summed E-state index contributed by atoms with van der Waals surface area (Å²) < 4.78 is 21.2. The van der Waals surface area contributed by atoms with Crippen molar-refractivity contribution >= 4 is 23.3 Å². The van der Waals surface area contributed by atoms with Crippen LogP contribution in [0.25, 0.3) is 6.08 Å². The van der Waals surface area contributed by atoms with E-state index >= 15 is 0 Å². The fourth-order valence-electron chi connectivity index (χ4n) is 2.78. The van der Waals surface area contributed by atoms with Gasteiger partial charge in [-0.1, -0.05) is 12.2 Å². The van der Waals surface area contributed by atoms with Gasteiger partial charge in [-0.05, 0) is 42.8 Å². The van der Waals surface area contributed by atoms with Crippen LogP contribution in [-0.2, 0) is 39.3 Å². The van der Waals surface area contributed by atoms with Crippen LogP contribution in [0.4, 0.5) is 0 Å². The molecular formula is C22H23N2O4SY-. The number of nitriles is 1. The van der Waals surface area contributed by atoms with Crippen LogP contribution >= 0.6 is 12.2 Å². The van der Waals surface area contributed by atoms with E-state index in [0.717, 1.165) is 16.7 Å². The molecule has 0 aromatic heterocycles. The van der Waals surface area contributed by atoms with Gasteiger partial charge < -0.3 is 24.3 Å². The van der Waals surface area contributed by atoms with E-state index in [-0.39, 0.29) is 32.7 Å². The maximum atomic E-state index is 9.56. The number of hydrogen-bond acceptors (Lipinski definition) is 6. The number of aryl methyl sites for hydroxylation is 1. The van der Waals surface area contributed by atoms with Gasteiger partial charge in [-0.3, -0.25) is 0 Å². The Hall–Kier alpha value is -2.14. The molecule has 30 heavy (non-hydrogen) atoms. The predicted octanol–water partition coefficient (Wildman–Crippen LogP) is 3.85. The van der Waals surface area contributed by atoms with Crippen molar-refractivity contribution in [2.24, 2.45) is 0 Å². The summed E-state index contributed by atoms with van der Waals surface area (Å²) >= 11 is 5.40. The minimum absolute atomic E-state index is 0. The smallest absolute Gasteiger partial charge is 0.163 e. The molecule has 0 unspecified atom stereocenters. The molecule has 0 aliphatic carbocycles. The summed E-state index contributed by atoms with van der Waals surface area (Å²) in [5.41, 5.74) is 2.93. The first-order valence-corrected chi connectivity index (χ1v) is 9.13. The van der Waals surface area contributed by atoms with Gasteiger partial charge in [0, 0.05) is 44.2 Å². The zero-order valence-corrected chi connectivity index (χ0v) is 21.3. The normalized spacial score (nSPS) is 10.3. The molecule has 0 spiro atoms. The first kappa shape index (κ1) is 25.9. The van der Waals surface area contributed by atoms with Gasteiger partial charge in [-0.15, -0.1) is 17.7 Å². The first-order chi connectivity index (χ1) is 14.0. The van der Waals surface area contributed by atoms with Gasteiger partial charge in [0.05, 0.1) is 34.0 Å². The van der Waals surface area contributed by atoms with Gasteiger partial charge in [-0.25, -0.2) is 0 Å². The van der Waals surface area contributed by atoms with E-state index in [1.165, 1.54) is 0 Å². The van der Waals surface area contributed by atoms with E-state index in [1.54, 1.807) is 46.6 Å². The van der Waals surface area contributed by atoms with Crippen LogP contribution in [0.15, 0.2) is 29.8 Å². The summed E-state index contributed by atoms with van der Waals surface area (Å²) in [5.74, 6) is 2.36. The van der Waals surface area contributed by atoms with E-state index in [0.29, 0.717) is 40.1 Å². The zero-order valence-electron chi connectivity index (χ0n) is 17.7.